The minimum atomic E-state index is -1.31. The Bertz CT molecular complexity index is 346. The molecule has 0 aliphatic rings. The van der Waals surface area contributed by atoms with Gasteiger partial charge in [-0.3, -0.25) is 0 Å². The van der Waals surface area contributed by atoms with Crippen LogP contribution in [-0.2, 0) is 0 Å². The Morgan fingerprint density at radius 1 is 1.07 bits per heavy atom. The summed E-state index contributed by atoms with van der Waals surface area (Å²) in [6, 6.07) is 1.13. The molecule has 0 aliphatic carbocycles. The first-order valence-electron chi connectivity index (χ1n) is 4.56. The van der Waals surface area contributed by atoms with E-state index in [0.29, 0.717) is 12.1 Å². The van der Waals surface area contributed by atoms with Crippen LogP contribution in [0.2, 0.25) is 0 Å². The quantitative estimate of drug-likeness (QED) is 0.767. The highest BCUT2D eigenvalue weighted by atomic mass is 19.1. The molecule has 0 spiro atoms. The second-order valence-electron chi connectivity index (χ2n) is 4.55. The molecule has 0 heterocycles. The van der Waals surface area contributed by atoms with Gasteiger partial charge in [0, 0.05) is 12.1 Å². The lowest BCUT2D eigenvalue weighted by molar-refractivity contribution is 0.0559. The maximum absolute atomic E-state index is 13.3. The lowest BCUT2D eigenvalue weighted by atomic mass is 9.84. The van der Waals surface area contributed by atoms with Gasteiger partial charge >= 0.3 is 0 Å². The van der Waals surface area contributed by atoms with Crippen LogP contribution in [0.25, 0.3) is 0 Å². The van der Waals surface area contributed by atoms with Gasteiger partial charge in [-0.1, -0.05) is 20.8 Å². The summed E-state index contributed by atoms with van der Waals surface area (Å²) in [7, 11) is 0. The van der Waals surface area contributed by atoms with Crippen molar-refractivity contribution in [3.8, 4) is 0 Å². The van der Waals surface area contributed by atoms with Crippen LogP contribution < -0.4 is 0 Å². The maximum atomic E-state index is 13.3. The van der Waals surface area contributed by atoms with Crippen LogP contribution in [0.3, 0.4) is 0 Å². The van der Waals surface area contributed by atoms with Gasteiger partial charge < -0.3 is 5.11 Å². The van der Waals surface area contributed by atoms with E-state index in [-0.39, 0.29) is 0 Å². The van der Waals surface area contributed by atoms with E-state index in [9.17, 15) is 18.3 Å². The molecule has 0 saturated carbocycles. The highest BCUT2D eigenvalue weighted by molar-refractivity contribution is 5.24. The third-order valence-corrected chi connectivity index (χ3v) is 2.14. The van der Waals surface area contributed by atoms with Crippen LogP contribution in [0.1, 0.15) is 32.4 Å². The average Bonchev–Trinajstić information content (AvgIpc) is 1.99. The first-order chi connectivity index (χ1) is 6.73. The van der Waals surface area contributed by atoms with Crippen LogP contribution in [0.5, 0.6) is 0 Å². The van der Waals surface area contributed by atoms with Gasteiger partial charge in [-0.15, -0.1) is 0 Å². The minimum absolute atomic E-state index is 0.482. The van der Waals surface area contributed by atoms with Gasteiger partial charge in [0.1, 0.15) is 17.5 Å². The van der Waals surface area contributed by atoms with Gasteiger partial charge in [-0.25, -0.2) is 13.2 Å². The molecule has 1 rings (SSSR count). The monoisotopic (exact) mass is 218 g/mol. The van der Waals surface area contributed by atoms with Crippen molar-refractivity contribution in [3.05, 3.63) is 35.1 Å². The molecule has 0 radical (unpaired) electrons. The highest BCUT2D eigenvalue weighted by Crippen LogP contribution is 2.35. The number of rotatable bonds is 1. The van der Waals surface area contributed by atoms with Crippen LogP contribution in [-0.4, -0.2) is 5.11 Å². The molecule has 1 atom stereocenters. The Labute approximate surface area is 86.5 Å². The lowest BCUT2D eigenvalue weighted by Crippen LogP contribution is -2.20. The predicted molar refractivity (Wildman–Crippen MR) is 50.7 cm³/mol. The summed E-state index contributed by atoms with van der Waals surface area (Å²) in [6.45, 7) is 4.92. The van der Waals surface area contributed by atoms with E-state index in [4.69, 9.17) is 0 Å². The molecule has 1 aromatic rings. The van der Waals surface area contributed by atoms with Gasteiger partial charge in [-0.05, 0) is 5.41 Å². The van der Waals surface area contributed by atoms with E-state index in [1.54, 1.807) is 20.8 Å². The SMILES string of the molecule is CC(C)(C)C(O)c1c(F)cc(F)cc1F. The normalized spacial score (nSPS) is 14.1. The molecule has 0 bridgehead atoms. The number of aliphatic hydroxyl groups excluding tert-OH is 1. The summed E-state index contributed by atoms with van der Waals surface area (Å²) in [5.74, 6) is -3.11. The fourth-order valence-corrected chi connectivity index (χ4v) is 1.25. The summed E-state index contributed by atoms with van der Waals surface area (Å²) in [6.07, 6.45) is -1.31. The summed E-state index contributed by atoms with van der Waals surface area (Å²) in [5.41, 5.74) is -1.19. The molecule has 4 heteroatoms. The molecule has 1 N–H and O–H groups in total. The zero-order valence-electron chi connectivity index (χ0n) is 8.81. The Balaban J connectivity index is 3.26. The molecule has 0 amide bonds. The third kappa shape index (κ3) is 2.50. The van der Waals surface area contributed by atoms with Crippen molar-refractivity contribution in [2.24, 2.45) is 5.41 Å². The molecule has 15 heavy (non-hydrogen) atoms. The fourth-order valence-electron chi connectivity index (χ4n) is 1.25. The van der Waals surface area contributed by atoms with Gasteiger partial charge in [0.15, 0.2) is 0 Å². The van der Waals surface area contributed by atoms with E-state index in [1.165, 1.54) is 0 Å². The Morgan fingerprint density at radius 3 is 1.80 bits per heavy atom. The van der Waals surface area contributed by atoms with Crippen molar-refractivity contribution in [2.75, 3.05) is 0 Å². The van der Waals surface area contributed by atoms with Crippen molar-refractivity contribution < 1.29 is 18.3 Å². The molecule has 1 unspecified atom stereocenters. The molecule has 1 aromatic carbocycles. The predicted octanol–water partition coefficient (Wildman–Crippen LogP) is 3.18. The van der Waals surface area contributed by atoms with Crippen LogP contribution in [0, 0.1) is 22.9 Å². The number of hydrogen-bond donors (Lipinski definition) is 1. The van der Waals surface area contributed by atoms with E-state index < -0.39 is 34.5 Å². The Hall–Kier alpha value is -1.03. The zero-order chi connectivity index (χ0) is 11.8. The van der Waals surface area contributed by atoms with Gasteiger partial charge in [-0.2, -0.15) is 0 Å². The highest BCUT2D eigenvalue weighted by Gasteiger charge is 2.29. The summed E-state index contributed by atoms with van der Waals surface area (Å²) in [5, 5.41) is 9.71. The molecule has 84 valence electrons. The number of halogens is 3. The van der Waals surface area contributed by atoms with Gasteiger partial charge in [0.25, 0.3) is 0 Å². The van der Waals surface area contributed by atoms with E-state index in [0.717, 1.165) is 0 Å². The average molecular weight is 218 g/mol. The lowest BCUT2D eigenvalue weighted by Gasteiger charge is -2.26. The summed E-state index contributed by atoms with van der Waals surface area (Å²) in [4.78, 5) is 0. The van der Waals surface area contributed by atoms with Crippen molar-refractivity contribution in [1.82, 2.24) is 0 Å². The molecule has 0 fully saturated rings. The molecule has 0 saturated heterocycles. The molecular formula is C11H13F3O. The van der Waals surface area contributed by atoms with E-state index >= 15 is 0 Å². The summed E-state index contributed by atoms with van der Waals surface area (Å²) >= 11 is 0. The van der Waals surface area contributed by atoms with Crippen molar-refractivity contribution >= 4 is 0 Å². The zero-order valence-corrected chi connectivity index (χ0v) is 8.81. The Morgan fingerprint density at radius 2 is 1.47 bits per heavy atom. The minimum Gasteiger partial charge on any atom is -0.388 e. The fraction of sp³-hybridized carbons (Fsp3) is 0.455. The first-order valence-corrected chi connectivity index (χ1v) is 4.56. The topological polar surface area (TPSA) is 20.2 Å². The van der Waals surface area contributed by atoms with Crippen molar-refractivity contribution in [3.63, 3.8) is 0 Å². The largest absolute Gasteiger partial charge is 0.388 e. The third-order valence-electron chi connectivity index (χ3n) is 2.14. The van der Waals surface area contributed by atoms with Crippen LogP contribution in [0.4, 0.5) is 13.2 Å². The number of benzene rings is 1. The van der Waals surface area contributed by atoms with E-state index in [2.05, 4.69) is 0 Å². The standard InChI is InChI=1S/C11H13F3O/c1-11(2,3)10(15)9-7(13)4-6(12)5-8(9)14/h4-5,10,15H,1-3H3. The second-order valence-corrected chi connectivity index (χ2v) is 4.55. The number of aliphatic hydroxyl groups is 1. The molecule has 1 nitrogen and oxygen atoms in total. The van der Waals surface area contributed by atoms with Crippen molar-refractivity contribution in [2.45, 2.75) is 26.9 Å². The van der Waals surface area contributed by atoms with Crippen LogP contribution >= 0.6 is 0 Å². The first kappa shape index (κ1) is 12.0. The van der Waals surface area contributed by atoms with E-state index in [1.807, 2.05) is 0 Å². The molecule has 0 aliphatic heterocycles. The van der Waals surface area contributed by atoms with Gasteiger partial charge in [0.2, 0.25) is 0 Å². The Kier molecular flexibility index (Phi) is 3.09. The van der Waals surface area contributed by atoms with Gasteiger partial charge in [0.05, 0.1) is 11.7 Å². The van der Waals surface area contributed by atoms with Crippen LogP contribution in [0.15, 0.2) is 12.1 Å². The summed E-state index contributed by atoms with van der Waals surface area (Å²) < 4.78 is 39.1. The second kappa shape index (κ2) is 3.85. The smallest absolute Gasteiger partial charge is 0.134 e. The number of hydrogen-bond acceptors (Lipinski definition) is 1. The molecular weight excluding hydrogens is 205 g/mol. The molecule has 0 aromatic heterocycles. The maximum Gasteiger partial charge on any atom is 0.134 e. The van der Waals surface area contributed by atoms with Crippen molar-refractivity contribution in [1.29, 1.82) is 0 Å².